The van der Waals surface area contributed by atoms with Crippen molar-refractivity contribution in [1.29, 1.82) is 0 Å². The molecule has 0 aliphatic rings. The third-order valence-corrected chi connectivity index (χ3v) is 4.04. The van der Waals surface area contributed by atoms with E-state index in [1.165, 1.54) is 0 Å². The zero-order valence-electron chi connectivity index (χ0n) is 13.3. The summed E-state index contributed by atoms with van der Waals surface area (Å²) < 4.78 is 0. The van der Waals surface area contributed by atoms with E-state index in [1.54, 1.807) is 6.07 Å². The van der Waals surface area contributed by atoms with Crippen LogP contribution in [0.2, 0.25) is 0 Å². The fourth-order valence-corrected chi connectivity index (χ4v) is 2.99. The molecule has 0 aromatic heterocycles. The molecule has 0 bridgehead atoms. The zero-order valence-corrected chi connectivity index (χ0v) is 13.3. The van der Waals surface area contributed by atoms with Crippen LogP contribution in [0, 0.1) is 0 Å². The molecule has 2 N–H and O–H groups in total. The summed E-state index contributed by atoms with van der Waals surface area (Å²) in [6.07, 6.45) is 0. The van der Waals surface area contributed by atoms with E-state index in [1.807, 2.05) is 74.5 Å². The van der Waals surface area contributed by atoms with Gasteiger partial charge in [-0.3, -0.25) is 0 Å². The molecule has 3 rings (SSSR count). The molecular formula is C21H20O2. The third kappa shape index (κ3) is 2.80. The molecule has 0 radical (unpaired) electrons. The molecule has 0 atom stereocenters. The van der Waals surface area contributed by atoms with Gasteiger partial charge < -0.3 is 10.2 Å². The fraction of sp³-hybridized carbons (Fsp3) is 0.143. The summed E-state index contributed by atoms with van der Waals surface area (Å²) in [5.41, 5.74) is 3.93. The Hall–Kier alpha value is -2.74. The maximum atomic E-state index is 10.9. The molecule has 116 valence electrons. The maximum absolute atomic E-state index is 10.9. The van der Waals surface area contributed by atoms with Gasteiger partial charge in [-0.25, -0.2) is 0 Å². The van der Waals surface area contributed by atoms with Crippen LogP contribution in [-0.4, -0.2) is 10.2 Å². The van der Waals surface area contributed by atoms with Gasteiger partial charge in [0.15, 0.2) is 0 Å². The van der Waals surface area contributed by atoms with Gasteiger partial charge in [0.1, 0.15) is 11.5 Å². The van der Waals surface area contributed by atoms with Gasteiger partial charge in [0, 0.05) is 16.7 Å². The van der Waals surface area contributed by atoms with Crippen molar-refractivity contribution in [3.05, 3.63) is 72.3 Å². The number of hydrogen-bond acceptors (Lipinski definition) is 2. The highest BCUT2D eigenvalue weighted by Crippen LogP contribution is 2.46. The monoisotopic (exact) mass is 304 g/mol. The largest absolute Gasteiger partial charge is 0.507 e. The van der Waals surface area contributed by atoms with Crippen molar-refractivity contribution in [2.75, 3.05) is 0 Å². The molecule has 2 heteroatoms. The van der Waals surface area contributed by atoms with Crippen LogP contribution in [-0.2, 0) is 0 Å². The summed E-state index contributed by atoms with van der Waals surface area (Å²) in [7, 11) is 0. The molecular weight excluding hydrogens is 284 g/mol. The molecule has 0 aliphatic carbocycles. The van der Waals surface area contributed by atoms with Crippen molar-refractivity contribution in [2.45, 2.75) is 19.8 Å². The summed E-state index contributed by atoms with van der Waals surface area (Å²) in [5, 5.41) is 21.5. The molecule has 0 amide bonds. The summed E-state index contributed by atoms with van der Waals surface area (Å²) in [5.74, 6) is 0.513. The van der Waals surface area contributed by atoms with E-state index in [9.17, 15) is 10.2 Å². The minimum absolute atomic E-state index is 0.0831. The Kier molecular flexibility index (Phi) is 4.07. The molecule has 0 saturated carbocycles. The lowest BCUT2D eigenvalue weighted by atomic mass is 9.87. The summed E-state index contributed by atoms with van der Waals surface area (Å²) in [4.78, 5) is 0. The van der Waals surface area contributed by atoms with Crippen LogP contribution < -0.4 is 0 Å². The van der Waals surface area contributed by atoms with E-state index < -0.39 is 0 Å². The Morgan fingerprint density at radius 3 is 1.78 bits per heavy atom. The summed E-state index contributed by atoms with van der Waals surface area (Å²) in [6.45, 7) is 4.05. The van der Waals surface area contributed by atoms with Gasteiger partial charge in [0.2, 0.25) is 0 Å². The Morgan fingerprint density at radius 2 is 1.26 bits per heavy atom. The molecule has 3 aromatic carbocycles. The van der Waals surface area contributed by atoms with E-state index in [2.05, 4.69) is 0 Å². The first-order chi connectivity index (χ1) is 11.1. The minimum atomic E-state index is 0.0831. The Morgan fingerprint density at radius 1 is 0.739 bits per heavy atom. The number of phenols is 2. The van der Waals surface area contributed by atoms with Crippen molar-refractivity contribution in [3.63, 3.8) is 0 Å². The normalized spacial score (nSPS) is 10.9. The van der Waals surface area contributed by atoms with Crippen molar-refractivity contribution in [2.24, 2.45) is 0 Å². The predicted octanol–water partition coefficient (Wildman–Crippen LogP) is 5.56. The minimum Gasteiger partial charge on any atom is -0.507 e. The van der Waals surface area contributed by atoms with E-state index in [4.69, 9.17) is 0 Å². The second-order valence-electron chi connectivity index (χ2n) is 5.97. The molecule has 0 aliphatic heterocycles. The Balaban J connectivity index is 2.30. The van der Waals surface area contributed by atoms with Gasteiger partial charge in [-0.15, -0.1) is 0 Å². The van der Waals surface area contributed by atoms with Crippen molar-refractivity contribution >= 4 is 0 Å². The van der Waals surface area contributed by atoms with E-state index in [-0.39, 0.29) is 17.4 Å². The van der Waals surface area contributed by atoms with E-state index in [0.717, 1.165) is 16.7 Å². The molecule has 0 unspecified atom stereocenters. The fourth-order valence-electron chi connectivity index (χ4n) is 2.99. The highest BCUT2D eigenvalue weighted by molar-refractivity contribution is 5.84. The van der Waals surface area contributed by atoms with Gasteiger partial charge in [0.25, 0.3) is 0 Å². The topological polar surface area (TPSA) is 40.5 Å². The highest BCUT2D eigenvalue weighted by atomic mass is 16.3. The molecule has 0 spiro atoms. The second kappa shape index (κ2) is 6.17. The molecule has 0 saturated heterocycles. The van der Waals surface area contributed by atoms with Crippen LogP contribution in [0.25, 0.3) is 22.3 Å². The average Bonchev–Trinajstić information content (AvgIpc) is 2.57. The van der Waals surface area contributed by atoms with Gasteiger partial charge in [0.05, 0.1) is 0 Å². The number of rotatable bonds is 3. The van der Waals surface area contributed by atoms with Gasteiger partial charge >= 0.3 is 0 Å². The van der Waals surface area contributed by atoms with Crippen molar-refractivity contribution < 1.29 is 10.2 Å². The number of hydrogen-bond donors (Lipinski definition) is 2. The van der Waals surface area contributed by atoms with Crippen LogP contribution in [0.1, 0.15) is 25.3 Å². The smallest absolute Gasteiger partial charge is 0.127 e. The first-order valence-corrected chi connectivity index (χ1v) is 7.79. The van der Waals surface area contributed by atoms with E-state index >= 15 is 0 Å². The quantitative estimate of drug-likeness (QED) is 0.622. The maximum Gasteiger partial charge on any atom is 0.127 e. The molecule has 0 fully saturated rings. The van der Waals surface area contributed by atoms with Gasteiger partial charge in [-0.05, 0) is 23.1 Å². The highest BCUT2D eigenvalue weighted by Gasteiger charge is 2.21. The third-order valence-electron chi connectivity index (χ3n) is 4.04. The lowest BCUT2D eigenvalue weighted by Crippen LogP contribution is -1.96. The molecule has 3 aromatic rings. The Bertz CT molecular complexity index is 806. The van der Waals surface area contributed by atoms with Crippen LogP contribution >= 0.6 is 0 Å². The number of aromatic hydroxyl groups is 2. The lowest BCUT2D eigenvalue weighted by molar-refractivity contribution is 0.455. The summed E-state index contributed by atoms with van der Waals surface area (Å²) in [6, 6.07) is 21.0. The lowest BCUT2D eigenvalue weighted by Gasteiger charge is -2.19. The van der Waals surface area contributed by atoms with Crippen LogP contribution in [0.5, 0.6) is 11.5 Å². The van der Waals surface area contributed by atoms with Crippen LogP contribution in [0.4, 0.5) is 0 Å². The Labute approximate surface area is 136 Å². The standard InChI is InChI=1S/C21H20O2/c1-14(2)19-20(16-11-7-4-8-12-16)18(22)13-17(21(19)23)15-9-5-3-6-10-15/h3-14,22-23H,1-2H3. The zero-order chi connectivity index (χ0) is 16.4. The average molecular weight is 304 g/mol. The molecule has 23 heavy (non-hydrogen) atoms. The molecule has 0 heterocycles. The van der Waals surface area contributed by atoms with Gasteiger partial charge in [-0.1, -0.05) is 74.5 Å². The van der Waals surface area contributed by atoms with Crippen molar-refractivity contribution in [1.82, 2.24) is 0 Å². The predicted molar refractivity (Wildman–Crippen MR) is 94.7 cm³/mol. The first-order valence-electron chi connectivity index (χ1n) is 7.79. The van der Waals surface area contributed by atoms with Crippen molar-refractivity contribution in [3.8, 4) is 33.8 Å². The van der Waals surface area contributed by atoms with Crippen LogP contribution in [0.3, 0.4) is 0 Å². The summed E-state index contributed by atoms with van der Waals surface area (Å²) >= 11 is 0. The second-order valence-corrected chi connectivity index (χ2v) is 5.97. The van der Waals surface area contributed by atoms with E-state index in [0.29, 0.717) is 11.1 Å². The van der Waals surface area contributed by atoms with Gasteiger partial charge in [-0.2, -0.15) is 0 Å². The molecule has 2 nitrogen and oxygen atoms in total. The number of benzene rings is 3. The first kappa shape index (κ1) is 15.2. The SMILES string of the molecule is CC(C)c1c(O)c(-c2ccccc2)cc(O)c1-c1ccccc1. The number of phenolic OH excluding ortho intramolecular Hbond substituents is 2. The van der Waals surface area contributed by atoms with Crippen LogP contribution in [0.15, 0.2) is 66.7 Å².